The number of aryl methyl sites for hydroxylation is 1. The Morgan fingerprint density at radius 1 is 1.16 bits per heavy atom. The van der Waals surface area contributed by atoms with Crippen molar-refractivity contribution in [3.63, 3.8) is 0 Å². The van der Waals surface area contributed by atoms with E-state index in [9.17, 15) is 4.79 Å². The molecule has 3 nitrogen and oxygen atoms in total. The Morgan fingerprint density at radius 3 is 2.47 bits per heavy atom. The maximum atomic E-state index is 11.3. The van der Waals surface area contributed by atoms with Gasteiger partial charge >= 0.3 is 5.97 Å². The highest BCUT2D eigenvalue weighted by Gasteiger charge is 2.04. The highest BCUT2D eigenvalue weighted by molar-refractivity contribution is 7.11. The number of thiophene rings is 1. The minimum Gasteiger partial charge on any atom is -0.465 e. The Bertz CT molecular complexity index is 546. The molecule has 0 bridgehead atoms. The van der Waals surface area contributed by atoms with Crippen LogP contribution in [0.15, 0.2) is 36.4 Å². The summed E-state index contributed by atoms with van der Waals surface area (Å²) in [4.78, 5) is 14.0. The summed E-state index contributed by atoms with van der Waals surface area (Å²) in [6, 6.07) is 11.7. The first-order chi connectivity index (χ1) is 9.19. The maximum Gasteiger partial charge on any atom is 0.337 e. The van der Waals surface area contributed by atoms with Crippen LogP contribution in [0, 0.1) is 6.92 Å². The molecule has 0 spiro atoms. The minimum atomic E-state index is -0.298. The molecule has 0 aliphatic heterocycles. The van der Waals surface area contributed by atoms with Crippen LogP contribution in [-0.4, -0.2) is 13.1 Å². The number of nitrogens with one attached hydrogen (secondary N) is 1. The van der Waals surface area contributed by atoms with E-state index in [4.69, 9.17) is 0 Å². The highest BCUT2D eigenvalue weighted by atomic mass is 32.1. The highest BCUT2D eigenvalue weighted by Crippen LogP contribution is 2.14. The Hall–Kier alpha value is -1.65. The molecular formula is C15H17NO2S. The van der Waals surface area contributed by atoms with Crippen LogP contribution in [-0.2, 0) is 17.8 Å². The van der Waals surface area contributed by atoms with Crippen molar-refractivity contribution in [1.29, 1.82) is 0 Å². The molecule has 1 N–H and O–H groups in total. The smallest absolute Gasteiger partial charge is 0.337 e. The molecule has 2 rings (SSSR count). The van der Waals surface area contributed by atoms with Crippen LogP contribution in [0.1, 0.15) is 25.7 Å². The minimum absolute atomic E-state index is 0.298. The van der Waals surface area contributed by atoms with Gasteiger partial charge in [-0.2, -0.15) is 0 Å². The van der Waals surface area contributed by atoms with Crippen molar-refractivity contribution in [2.24, 2.45) is 0 Å². The number of hydrogen-bond donors (Lipinski definition) is 1. The first-order valence-electron chi connectivity index (χ1n) is 6.12. The average Bonchev–Trinajstić information content (AvgIpc) is 2.84. The summed E-state index contributed by atoms with van der Waals surface area (Å²) in [6.45, 7) is 3.77. The lowest BCUT2D eigenvalue weighted by Crippen LogP contribution is -2.12. The molecule has 0 saturated heterocycles. The summed E-state index contributed by atoms with van der Waals surface area (Å²) in [7, 11) is 1.39. The van der Waals surface area contributed by atoms with Crippen molar-refractivity contribution >= 4 is 17.3 Å². The normalized spacial score (nSPS) is 10.4. The second-order valence-electron chi connectivity index (χ2n) is 4.30. The number of rotatable bonds is 5. The van der Waals surface area contributed by atoms with Crippen molar-refractivity contribution < 1.29 is 9.53 Å². The van der Waals surface area contributed by atoms with E-state index in [1.807, 2.05) is 23.5 Å². The summed E-state index contributed by atoms with van der Waals surface area (Å²) in [5.74, 6) is -0.298. The van der Waals surface area contributed by atoms with Crippen molar-refractivity contribution in [2.45, 2.75) is 20.0 Å². The van der Waals surface area contributed by atoms with Gasteiger partial charge in [0.1, 0.15) is 0 Å². The summed E-state index contributed by atoms with van der Waals surface area (Å²) >= 11 is 1.81. The monoisotopic (exact) mass is 275 g/mol. The second-order valence-corrected chi connectivity index (χ2v) is 5.68. The SMILES string of the molecule is COC(=O)c1ccc(CNCc2ccc(C)s2)cc1. The van der Waals surface area contributed by atoms with Gasteiger partial charge in [-0.1, -0.05) is 12.1 Å². The van der Waals surface area contributed by atoms with Gasteiger partial charge in [-0.3, -0.25) is 0 Å². The molecule has 0 radical (unpaired) electrons. The van der Waals surface area contributed by atoms with Crippen molar-refractivity contribution in [3.8, 4) is 0 Å². The topological polar surface area (TPSA) is 38.3 Å². The van der Waals surface area contributed by atoms with E-state index in [0.717, 1.165) is 18.7 Å². The zero-order valence-corrected chi connectivity index (χ0v) is 11.9. The van der Waals surface area contributed by atoms with Crippen LogP contribution in [0.2, 0.25) is 0 Å². The molecule has 1 aromatic carbocycles. The summed E-state index contributed by atoms with van der Waals surface area (Å²) in [5.41, 5.74) is 1.74. The number of hydrogen-bond acceptors (Lipinski definition) is 4. The van der Waals surface area contributed by atoms with Crippen molar-refractivity contribution in [3.05, 3.63) is 57.3 Å². The van der Waals surface area contributed by atoms with E-state index in [0.29, 0.717) is 5.56 Å². The molecular weight excluding hydrogens is 258 g/mol. The van der Waals surface area contributed by atoms with Crippen LogP contribution >= 0.6 is 11.3 Å². The molecule has 0 aliphatic carbocycles. The molecule has 0 atom stereocenters. The van der Waals surface area contributed by atoms with E-state index in [2.05, 4.69) is 29.1 Å². The molecule has 100 valence electrons. The van der Waals surface area contributed by atoms with E-state index < -0.39 is 0 Å². The van der Waals surface area contributed by atoms with Gasteiger partial charge in [0, 0.05) is 22.8 Å². The lowest BCUT2D eigenvalue weighted by atomic mass is 10.1. The van der Waals surface area contributed by atoms with Gasteiger partial charge in [0.2, 0.25) is 0 Å². The lowest BCUT2D eigenvalue weighted by Gasteiger charge is -2.04. The molecule has 0 aliphatic rings. The van der Waals surface area contributed by atoms with Crippen LogP contribution in [0.5, 0.6) is 0 Å². The quantitative estimate of drug-likeness (QED) is 0.852. The van der Waals surface area contributed by atoms with Gasteiger partial charge in [-0.25, -0.2) is 4.79 Å². The van der Waals surface area contributed by atoms with E-state index in [1.165, 1.54) is 16.9 Å². The standard InChI is InChI=1S/C15H17NO2S/c1-11-3-8-14(19-11)10-16-9-12-4-6-13(7-5-12)15(17)18-2/h3-8,16H,9-10H2,1-2H3. The fourth-order valence-electron chi connectivity index (χ4n) is 1.79. The molecule has 2 aromatic rings. The molecule has 0 saturated carbocycles. The zero-order chi connectivity index (χ0) is 13.7. The maximum absolute atomic E-state index is 11.3. The number of esters is 1. The van der Waals surface area contributed by atoms with Crippen LogP contribution in [0.4, 0.5) is 0 Å². The van der Waals surface area contributed by atoms with Crippen molar-refractivity contribution in [1.82, 2.24) is 5.32 Å². The lowest BCUT2D eigenvalue weighted by molar-refractivity contribution is 0.0600. The van der Waals surface area contributed by atoms with E-state index >= 15 is 0 Å². The second kappa shape index (κ2) is 6.50. The van der Waals surface area contributed by atoms with Gasteiger partial charge in [0.15, 0.2) is 0 Å². The predicted octanol–water partition coefficient (Wildman–Crippen LogP) is 3.13. The van der Waals surface area contributed by atoms with Gasteiger partial charge in [0.05, 0.1) is 12.7 Å². The zero-order valence-electron chi connectivity index (χ0n) is 11.1. The van der Waals surface area contributed by atoms with Gasteiger partial charge < -0.3 is 10.1 Å². The molecule has 0 amide bonds. The first-order valence-corrected chi connectivity index (χ1v) is 6.94. The number of methoxy groups -OCH3 is 1. The number of ether oxygens (including phenoxy) is 1. The van der Waals surface area contributed by atoms with Crippen LogP contribution in [0.25, 0.3) is 0 Å². The van der Waals surface area contributed by atoms with Crippen LogP contribution < -0.4 is 5.32 Å². The molecule has 19 heavy (non-hydrogen) atoms. The molecule has 1 heterocycles. The Morgan fingerprint density at radius 2 is 1.89 bits per heavy atom. The Balaban J connectivity index is 1.84. The molecule has 0 unspecified atom stereocenters. The van der Waals surface area contributed by atoms with Crippen molar-refractivity contribution in [2.75, 3.05) is 7.11 Å². The summed E-state index contributed by atoms with van der Waals surface area (Å²) < 4.78 is 4.66. The molecule has 1 aromatic heterocycles. The average molecular weight is 275 g/mol. The predicted molar refractivity (Wildman–Crippen MR) is 77.4 cm³/mol. The molecule has 0 fully saturated rings. The van der Waals surface area contributed by atoms with Gasteiger partial charge in [-0.05, 0) is 36.8 Å². The van der Waals surface area contributed by atoms with E-state index in [-0.39, 0.29) is 5.97 Å². The Kier molecular flexibility index (Phi) is 4.71. The fourth-order valence-corrected chi connectivity index (χ4v) is 2.65. The number of carbonyl (C=O) groups excluding carboxylic acids is 1. The number of carbonyl (C=O) groups is 1. The largest absolute Gasteiger partial charge is 0.465 e. The molecule has 4 heteroatoms. The van der Waals surface area contributed by atoms with E-state index in [1.54, 1.807) is 12.1 Å². The van der Waals surface area contributed by atoms with Gasteiger partial charge in [-0.15, -0.1) is 11.3 Å². The third-order valence-electron chi connectivity index (χ3n) is 2.80. The first kappa shape index (κ1) is 13.8. The Labute approximate surface area is 117 Å². The van der Waals surface area contributed by atoms with Crippen LogP contribution in [0.3, 0.4) is 0 Å². The summed E-state index contributed by atoms with van der Waals surface area (Å²) in [5, 5.41) is 3.39. The summed E-state index contributed by atoms with van der Waals surface area (Å²) in [6.07, 6.45) is 0. The fraction of sp³-hybridized carbons (Fsp3) is 0.267. The third-order valence-corrected chi connectivity index (χ3v) is 3.80. The third kappa shape index (κ3) is 3.91. The van der Waals surface area contributed by atoms with Gasteiger partial charge in [0.25, 0.3) is 0 Å². The number of benzene rings is 1.